The summed E-state index contributed by atoms with van der Waals surface area (Å²) in [5, 5.41) is 6.39. The molecule has 29 heavy (non-hydrogen) atoms. The van der Waals surface area contributed by atoms with Gasteiger partial charge >= 0.3 is 11.6 Å². The van der Waals surface area contributed by atoms with Gasteiger partial charge in [-0.15, -0.1) is 0 Å². The molecule has 0 aliphatic heterocycles. The maximum Gasteiger partial charge on any atom is 0.307 e. The van der Waals surface area contributed by atoms with Crippen molar-refractivity contribution in [2.24, 2.45) is 0 Å². The largest absolute Gasteiger partial charge is 0.363 e. The molecule has 0 amide bonds. The van der Waals surface area contributed by atoms with Gasteiger partial charge in [-0.3, -0.25) is 14.7 Å². The van der Waals surface area contributed by atoms with Crippen LogP contribution in [-0.2, 0) is 16.6 Å². The molecule has 11 heteroatoms. The second-order valence-corrected chi connectivity index (χ2v) is 8.10. The van der Waals surface area contributed by atoms with E-state index in [2.05, 4.69) is 40.3 Å². The molecule has 4 aromatic rings. The Morgan fingerprint density at radius 1 is 1.14 bits per heavy atom. The van der Waals surface area contributed by atoms with Crippen molar-refractivity contribution in [1.82, 2.24) is 19.9 Å². The number of nitrogens with zero attached hydrogens (tertiary/aromatic N) is 3. The van der Waals surface area contributed by atoms with Gasteiger partial charge in [-0.05, 0) is 29.8 Å². The smallest absolute Gasteiger partial charge is 0.307 e. The third kappa shape index (κ3) is 4.76. The summed E-state index contributed by atoms with van der Waals surface area (Å²) in [4.78, 5) is 19.2. The summed E-state index contributed by atoms with van der Waals surface area (Å²) in [6, 6.07) is 10.7. The van der Waals surface area contributed by atoms with Crippen LogP contribution >= 0.6 is 0 Å². The summed E-state index contributed by atoms with van der Waals surface area (Å²) >= 11 is 0. The lowest BCUT2D eigenvalue weighted by atomic mass is 10.3. The molecule has 0 fully saturated rings. The first-order valence-corrected chi connectivity index (χ1v) is 10.6. The molecular weight excluding hydrogens is 392 g/mol. The van der Waals surface area contributed by atoms with Crippen molar-refractivity contribution in [1.29, 1.82) is 0 Å². The maximum atomic E-state index is 11.4. The predicted octanol–water partition coefficient (Wildman–Crippen LogP) is 1.89. The molecule has 4 rings (SSSR count). The van der Waals surface area contributed by atoms with E-state index in [1.54, 1.807) is 43.0 Å². The van der Waals surface area contributed by atoms with E-state index in [-0.39, 0.29) is 0 Å². The van der Waals surface area contributed by atoms with E-state index in [1.807, 2.05) is 12.1 Å². The van der Waals surface area contributed by atoms with E-state index >= 15 is 0 Å². The van der Waals surface area contributed by atoms with Gasteiger partial charge in [-0.2, -0.15) is 4.98 Å². The highest BCUT2D eigenvalue weighted by molar-refractivity contribution is 7.92. The number of H-pyrrole nitrogens is 2. The van der Waals surface area contributed by atoms with E-state index in [4.69, 9.17) is 0 Å². The number of hydrogen-bond donors (Lipinski definition) is 4. The van der Waals surface area contributed by atoms with Crippen molar-refractivity contribution in [2.45, 2.75) is 6.54 Å². The van der Waals surface area contributed by atoms with Crippen molar-refractivity contribution < 1.29 is 13.4 Å². The van der Waals surface area contributed by atoms with Crippen LogP contribution in [-0.4, -0.2) is 34.6 Å². The van der Waals surface area contributed by atoms with Crippen LogP contribution in [0.3, 0.4) is 0 Å². The first kappa shape index (κ1) is 18.6. The molecule has 10 nitrogen and oxygen atoms in total. The van der Waals surface area contributed by atoms with Crippen LogP contribution in [0, 0.1) is 0 Å². The van der Waals surface area contributed by atoms with Gasteiger partial charge in [0.2, 0.25) is 15.5 Å². The minimum Gasteiger partial charge on any atom is -0.363 e. The van der Waals surface area contributed by atoms with Gasteiger partial charge < -0.3 is 10.6 Å². The van der Waals surface area contributed by atoms with Gasteiger partial charge in [0.15, 0.2) is 12.1 Å². The second kappa shape index (κ2) is 7.72. The van der Waals surface area contributed by atoms with Crippen LogP contribution in [0.15, 0.2) is 55.1 Å². The van der Waals surface area contributed by atoms with Gasteiger partial charge in [0, 0.05) is 24.6 Å². The molecule has 3 aromatic heterocycles. The Bertz CT molecular complexity index is 1240. The minimum absolute atomic E-state index is 0.360. The van der Waals surface area contributed by atoms with Crippen LogP contribution in [0.5, 0.6) is 0 Å². The van der Waals surface area contributed by atoms with Crippen LogP contribution in [0.25, 0.3) is 11.2 Å². The second-order valence-electron chi connectivity index (χ2n) is 6.35. The summed E-state index contributed by atoms with van der Waals surface area (Å²) in [6.45, 7) is 0.548. The summed E-state index contributed by atoms with van der Waals surface area (Å²) in [5.41, 5.74) is 3.48. The quantitative estimate of drug-likeness (QED) is 0.364. The van der Waals surface area contributed by atoms with Crippen molar-refractivity contribution in [3.63, 3.8) is 0 Å². The van der Waals surface area contributed by atoms with Crippen molar-refractivity contribution in [3.05, 3.63) is 60.7 Å². The zero-order valence-electron chi connectivity index (χ0n) is 15.5. The fraction of sp³-hybridized carbons (Fsp3) is 0.111. The molecule has 3 heterocycles. The van der Waals surface area contributed by atoms with Gasteiger partial charge in [0.05, 0.1) is 11.9 Å². The molecule has 5 N–H and O–H groups in total. The monoisotopic (exact) mass is 411 g/mol. The number of aromatic nitrogens is 5. The number of imidazole rings is 1. The van der Waals surface area contributed by atoms with Gasteiger partial charge in [-0.1, -0.05) is 17.1 Å². The van der Waals surface area contributed by atoms with Crippen LogP contribution in [0.1, 0.15) is 5.56 Å². The number of benzene rings is 1. The lowest BCUT2D eigenvalue weighted by Gasteiger charge is -2.08. The highest BCUT2D eigenvalue weighted by Crippen LogP contribution is 2.22. The molecule has 1 aromatic carbocycles. The zero-order chi connectivity index (χ0) is 20.3. The number of hydrogen-bond acceptors (Lipinski definition) is 7. The number of pyridine rings is 1. The highest BCUT2D eigenvalue weighted by Gasteiger charge is 2.16. The molecule has 0 saturated heterocycles. The number of nitrogens with one attached hydrogen (secondary N) is 5. The number of sulfonamides is 1. The molecule has 0 aliphatic carbocycles. The van der Waals surface area contributed by atoms with Crippen molar-refractivity contribution in [2.75, 3.05) is 21.6 Å². The minimum atomic E-state index is -3.36. The molecule has 148 valence electrons. The van der Waals surface area contributed by atoms with Crippen molar-refractivity contribution >= 4 is 44.3 Å². The van der Waals surface area contributed by atoms with Gasteiger partial charge in [0.1, 0.15) is 0 Å². The molecule has 0 radical (unpaired) electrons. The Balaban J connectivity index is 1.59. The average molecular weight is 411 g/mol. The Kier molecular flexibility index (Phi) is 4.96. The molecule has 0 bridgehead atoms. The fourth-order valence-electron chi connectivity index (χ4n) is 2.75. The summed E-state index contributed by atoms with van der Waals surface area (Å²) in [5.74, 6) is 0.978. The number of rotatable bonds is 7. The third-order valence-corrected chi connectivity index (χ3v) is 4.55. The average Bonchev–Trinajstić information content (AvgIpc) is 3.14. The first-order chi connectivity index (χ1) is 14.0. The normalized spacial score (nSPS) is 11.3. The Labute approximate surface area is 166 Å². The zero-order valence-corrected chi connectivity index (χ0v) is 16.3. The van der Waals surface area contributed by atoms with E-state index in [0.717, 1.165) is 17.3 Å². The summed E-state index contributed by atoms with van der Waals surface area (Å²) in [6.07, 6.45) is 6.29. The third-order valence-electron chi connectivity index (χ3n) is 3.94. The van der Waals surface area contributed by atoms with Gasteiger partial charge in [0.25, 0.3) is 0 Å². The van der Waals surface area contributed by atoms with Crippen LogP contribution < -0.4 is 20.3 Å². The molecule has 0 atom stereocenters. The number of aromatic amines is 2. The molecule has 0 saturated carbocycles. The fourth-order valence-corrected chi connectivity index (χ4v) is 3.31. The Morgan fingerprint density at radius 3 is 2.79 bits per heavy atom. The molecule has 0 spiro atoms. The highest BCUT2D eigenvalue weighted by atomic mass is 32.2. The van der Waals surface area contributed by atoms with Gasteiger partial charge in [-0.25, -0.2) is 13.4 Å². The van der Waals surface area contributed by atoms with Crippen LogP contribution in [0.4, 0.5) is 23.1 Å². The van der Waals surface area contributed by atoms with E-state index in [9.17, 15) is 8.42 Å². The lowest BCUT2D eigenvalue weighted by Crippen LogP contribution is -2.10. The maximum absolute atomic E-state index is 11.4. The van der Waals surface area contributed by atoms with Crippen molar-refractivity contribution in [3.8, 4) is 0 Å². The summed E-state index contributed by atoms with van der Waals surface area (Å²) < 4.78 is 25.3. The van der Waals surface area contributed by atoms with Crippen LogP contribution in [0.2, 0.25) is 0 Å². The van der Waals surface area contributed by atoms with E-state index < -0.39 is 10.0 Å². The molecule has 0 unspecified atom stereocenters. The Morgan fingerprint density at radius 2 is 2.00 bits per heavy atom. The predicted molar refractivity (Wildman–Crippen MR) is 110 cm³/mol. The number of anilines is 4. The number of fused-ring (bicyclic) bond motifs is 1. The lowest BCUT2D eigenvalue weighted by molar-refractivity contribution is -0.347. The SMILES string of the molecule is CS(=O)(=O)Nc1cccc(Nc2nc(NCc3cccnc3)c3[nH]c[nH+]c3n2)c1. The van der Waals surface area contributed by atoms with E-state index in [0.29, 0.717) is 35.3 Å². The Hall–Kier alpha value is -3.73. The first-order valence-electron chi connectivity index (χ1n) is 8.71. The molecule has 0 aliphatic rings. The summed E-state index contributed by atoms with van der Waals surface area (Å²) in [7, 11) is -3.36. The topological polar surface area (TPSA) is 139 Å². The molecular formula is C18H19N8O2S+. The standard InChI is InChI=1S/C18H18N8O2S/c1-29(27,28)26-14-6-2-5-13(8-14)23-18-24-16(15-17(25-18)22-11-21-15)20-10-12-4-3-7-19-9-12/h2-9,11,26H,10H2,1H3,(H3,20,21,22,23,24,25)/p+1. The van der Waals surface area contributed by atoms with E-state index in [1.165, 1.54) is 0 Å².